The maximum atomic E-state index is 13.4. The highest BCUT2D eigenvalue weighted by atomic mass is 19.1. The lowest BCUT2D eigenvalue weighted by Crippen LogP contribution is -2.42. The number of pyridine rings is 1. The number of hydrogen-bond donors (Lipinski definition) is 0. The third-order valence-electron chi connectivity index (χ3n) is 6.30. The Hall–Kier alpha value is -2.44. The summed E-state index contributed by atoms with van der Waals surface area (Å²) in [6.45, 7) is 2.45. The Morgan fingerprint density at radius 2 is 1.86 bits per heavy atom. The van der Waals surface area contributed by atoms with Gasteiger partial charge in [-0.1, -0.05) is 0 Å². The van der Waals surface area contributed by atoms with E-state index in [1.807, 2.05) is 23.1 Å². The van der Waals surface area contributed by atoms with Crippen LogP contribution >= 0.6 is 0 Å². The van der Waals surface area contributed by atoms with Crippen LogP contribution in [-0.2, 0) is 4.79 Å². The number of piperidine rings is 1. The number of halogens is 1. The van der Waals surface area contributed by atoms with Crippen molar-refractivity contribution in [3.05, 3.63) is 36.4 Å². The standard InChI is InChI=1S/C21H26FN5O/c22-18-6-10-26(14-18)21(28)16-4-8-25(9-5-16)20-12-23-7-3-19(20)27-13-17(11-24-27)15-1-2-15/h3,7,11-13,15-16,18H,1-2,4-6,8-10,14H2/t18-/m0/s1. The van der Waals surface area contributed by atoms with Crippen molar-refractivity contribution in [2.75, 3.05) is 31.1 Å². The summed E-state index contributed by atoms with van der Waals surface area (Å²) in [7, 11) is 0. The van der Waals surface area contributed by atoms with E-state index in [2.05, 4.69) is 21.2 Å². The summed E-state index contributed by atoms with van der Waals surface area (Å²) in [5.41, 5.74) is 3.40. The van der Waals surface area contributed by atoms with Gasteiger partial charge < -0.3 is 9.80 Å². The minimum Gasteiger partial charge on any atom is -0.368 e. The van der Waals surface area contributed by atoms with Gasteiger partial charge in [0.25, 0.3) is 0 Å². The van der Waals surface area contributed by atoms with E-state index in [4.69, 9.17) is 0 Å². The molecule has 0 bridgehead atoms. The van der Waals surface area contributed by atoms with Crippen molar-refractivity contribution in [2.24, 2.45) is 5.92 Å². The van der Waals surface area contributed by atoms with Crippen molar-refractivity contribution in [2.45, 2.75) is 44.2 Å². The molecule has 5 rings (SSSR count). The first-order valence-corrected chi connectivity index (χ1v) is 10.4. The second-order valence-corrected chi connectivity index (χ2v) is 8.29. The monoisotopic (exact) mass is 383 g/mol. The first-order valence-electron chi connectivity index (χ1n) is 10.4. The lowest BCUT2D eigenvalue weighted by molar-refractivity contribution is -0.135. The Bertz CT molecular complexity index is 856. The molecule has 4 heterocycles. The zero-order valence-electron chi connectivity index (χ0n) is 16.0. The predicted octanol–water partition coefficient (Wildman–Crippen LogP) is 2.93. The Labute approximate surface area is 164 Å². The van der Waals surface area contributed by atoms with Crippen molar-refractivity contribution >= 4 is 11.6 Å². The van der Waals surface area contributed by atoms with E-state index in [0.717, 1.165) is 37.3 Å². The van der Waals surface area contributed by atoms with Crippen LogP contribution in [0.2, 0.25) is 0 Å². The highest BCUT2D eigenvalue weighted by molar-refractivity contribution is 5.79. The van der Waals surface area contributed by atoms with Gasteiger partial charge in [-0.2, -0.15) is 5.10 Å². The van der Waals surface area contributed by atoms with Crippen LogP contribution in [-0.4, -0.2) is 57.9 Å². The minimum absolute atomic E-state index is 0.00726. The van der Waals surface area contributed by atoms with Crippen LogP contribution in [0.25, 0.3) is 5.69 Å². The molecule has 3 aliphatic rings. The summed E-state index contributed by atoms with van der Waals surface area (Å²) < 4.78 is 15.4. The van der Waals surface area contributed by atoms with Crippen LogP contribution in [0.1, 0.15) is 43.6 Å². The average molecular weight is 383 g/mol. The van der Waals surface area contributed by atoms with Gasteiger partial charge >= 0.3 is 0 Å². The quantitative estimate of drug-likeness (QED) is 0.815. The predicted molar refractivity (Wildman–Crippen MR) is 104 cm³/mol. The molecule has 2 aliphatic heterocycles. The van der Waals surface area contributed by atoms with Crippen molar-refractivity contribution in [3.63, 3.8) is 0 Å². The van der Waals surface area contributed by atoms with E-state index in [-0.39, 0.29) is 18.4 Å². The van der Waals surface area contributed by atoms with Crippen molar-refractivity contribution < 1.29 is 9.18 Å². The molecule has 1 amide bonds. The lowest BCUT2D eigenvalue weighted by Gasteiger charge is -2.35. The zero-order chi connectivity index (χ0) is 19.1. The molecular formula is C21H26FN5O. The van der Waals surface area contributed by atoms with Crippen LogP contribution in [0, 0.1) is 5.92 Å². The van der Waals surface area contributed by atoms with Gasteiger partial charge in [-0.15, -0.1) is 0 Å². The highest BCUT2D eigenvalue weighted by Crippen LogP contribution is 2.40. The van der Waals surface area contributed by atoms with Crippen LogP contribution in [0.3, 0.4) is 0 Å². The Morgan fingerprint density at radius 1 is 1.04 bits per heavy atom. The molecule has 1 atom stereocenters. The van der Waals surface area contributed by atoms with Gasteiger partial charge in [0.2, 0.25) is 5.91 Å². The zero-order valence-corrected chi connectivity index (χ0v) is 16.0. The van der Waals surface area contributed by atoms with Crippen LogP contribution in [0.4, 0.5) is 10.1 Å². The Kier molecular flexibility index (Phi) is 4.53. The molecule has 2 saturated heterocycles. The van der Waals surface area contributed by atoms with Crippen molar-refractivity contribution in [1.82, 2.24) is 19.7 Å². The number of carbonyl (C=O) groups excluding carboxylic acids is 1. The van der Waals surface area contributed by atoms with E-state index >= 15 is 0 Å². The molecule has 3 fully saturated rings. The van der Waals surface area contributed by atoms with Gasteiger partial charge in [0.15, 0.2) is 0 Å². The molecule has 6 nitrogen and oxygen atoms in total. The van der Waals surface area contributed by atoms with Gasteiger partial charge in [-0.25, -0.2) is 9.07 Å². The summed E-state index contributed by atoms with van der Waals surface area (Å²) in [5, 5.41) is 4.57. The molecular weight excluding hydrogens is 357 g/mol. The molecule has 148 valence electrons. The molecule has 1 aliphatic carbocycles. The van der Waals surface area contributed by atoms with E-state index in [1.165, 1.54) is 18.4 Å². The maximum Gasteiger partial charge on any atom is 0.225 e. The number of rotatable bonds is 4. The number of hydrogen-bond acceptors (Lipinski definition) is 4. The summed E-state index contributed by atoms with van der Waals surface area (Å²) in [5.74, 6) is 0.815. The van der Waals surface area contributed by atoms with Gasteiger partial charge in [0.1, 0.15) is 6.17 Å². The fraction of sp³-hybridized carbons (Fsp3) is 0.571. The topological polar surface area (TPSA) is 54.3 Å². The normalized spacial score (nSPS) is 23.4. The number of amides is 1. The molecule has 0 spiro atoms. The number of nitrogens with zero attached hydrogens (tertiary/aromatic N) is 5. The molecule has 0 unspecified atom stereocenters. The number of carbonyl (C=O) groups is 1. The summed E-state index contributed by atoms with van der Waals surface area (Å²) in [6.07, 6.45) is 11.5. The van der Waals surface area contributed by atoms with E-state index < -0.39 is 6.17 Å². The molecule has 2 aromatic heterocycles. The van der Waals surface area contributed by atoms with E-state index in [9.17, 15) is 9.18 Å². The number of alkyl halides is 1. The first kappa shape index (κ1) is 17.6. The molecule has 2 aromatic rings. The molecule has 7 heteroatoms. The van der Waals surface area contributed by atoms with Gasteiger partial charge in [-0.3, -0.25) is 9.78 Å². The molecule has 1 saturated carbocycles. The smallest absolute Gasteiger partial charge is 0.225 e. The lowest BCUT2D eigenvalue weighted by atomic mass is 9.95. The SMILES string of the molecule is O=C(C1CCN(c2cnccc2-n2cc(C3CC3)cn2)CC1)N1CC[C@H](F)C1. The highest BCUT2D eigenvalue weighted by Gasteiger charge is 2.33. The van der Waals surface area contributed by atoms with Crippen LogP contribution in [0.5, 0.6) is 0 Å². The number of aromatic nitrogens is 3. The second-order valence-electron chi connectivity index (χ2n) is 8.29. The van der Waals surface area contributed by atoms with Gasteiger partial charge in [-0.05, 0) is 49.7 Å². The fourth-order valence-electron chi connectivity index (χ4n) is 4.46. The molecule has 0 aromatic carbocycles. The first-order chi connectivity index (χ1) is 13.7. The number of anilines is 1. The summed E-state index contributed by atoms with van der Waals surface area (Å²) in [4.78, 5) is 21.0. The van der Waals surface area contributed by atoms with Crippen LogP contribution < -0.4 is 4.90 Å². The second kappa shape index (κ2) is 7.18. The molecule has 0 radical (unpaired) electrons. The van der Waals surface area contributed by atoms with Crippen molar-refractivity contribution in [3.8, 4) is 5.69 Å². The average Bonchev–Trinajstić information content (AvgIpc) is 3.30. The fourth-order valence-corrected chi connectivity index (χ4v) is 4.46. The molecule has 28 heavy (non-hydrogen) atoms. The van der Waals surface area contributed by atoms with Crippen molar-refractivity contribution in [1.29, 1.82) is 0 Å². The Morgan fingerprint density at radius 3 is 2.57 bits per heavy atom. The van der Waals surface area contributed by atoms with Crippen LogP contribution in [0.15, 0.2) is 30.9 Å². The third-order valence-corrected chi connectivity index (χ3v) is 6.30. The third kappa shape index (κ3) is 3.38. The maximum absolute atomic E-state index is 13.4. The van der Waals surface area contributed by atoms with Gasteiger partial charge in [0.05, 0.1) is 30.3 Å². The summed E-state index contributed by atoms with van der Waals surface area (Å²) >= 11 is 0. The minimum atomic E-state index is -0.850. The van der Waals surface area contributed by atoms with E-state index in [1.54, 1.807) is 11.1 Å². The summed E-state index contributed by atoms with van der Waals surface area (Å²) in [6, 6.07) is 2.00. The number of likely N-dealkylation sites (tertiary alicyclic amines) is 1. The van der Waals surface area contributed by atoms with E-state index in [0.29, 0.717) is 18.9 Å². The largest absolute Gasteiger partial charge is 0.368 e. The molecule has 0 N–H and O–H groups in total. The Balaban J connectivity index is 1.28. The van der Waals surface area contributed by atoms with Gasteiger partial charge in [0, 0.05) is 37.9 Å².